The summed E-state index contributed by atoms with van der Waals surface area (Å²) in [4.78, 5) is 0. The first kappa shape index (κ1) is 16.4. The Labute approximate surface area is 139 Å². The van der Waals surface area contributed by atoms with Gasteiger partial charge < -0.3 is 9.47 Å². The number of halogens is 1. The van der Waals surface area contributed by atoms with Crippen LogP contribution in [0.1, 0.15) is 11.1 Å². The van der Waals surface area contributed by atoms with E-state index in [2.05, 4.69) is 6.07 Å². The quantitative estimate of drug-likeness (QED) is 0.607. The summed E-state index contributed by atoms with van der Waals surface area (Å²) in [6.07, 6.45) is 1.74. The molecule has 23 heavy (non-hydrogen) atoms. The number of nitriles is 2. The smallest absolute Gasteiger partial charge is 0.174 e. The number of hydrogen-bond donors (Lipinski definition) is 0. The van der Waals surface area contributed by atoms with Crippen LogP contribution in [0.3, 0.4) is 0 Å². The maximum Gasteiger partial charge on any atom is 0.174 e. The van der Waals surface area contributed by atoms with Gasteiger partial charge in [0.05, 0.1) is 18.8 Å². The van der Waals surface area contributed by atoms with Crippen molar-refractivity contribution in [3.05, 3.63) is 58.6 Å². The van der Waals surface area contributed by atoms with Crippen molar-refractivity contribution in [3.8, 4) is 23.6 Å². The van der Waals surface area contributed by atoms with Crippen LogP contribution in [-0.4, -0.2) is 13.7 Å². The normalized spacial score (nSPS) is 10.5. The molecule has 2 rings (SSSR count). The third-order valence-corrected chi connectivity index (χ3v) is 3.28. The Morgan fingerprint density at radius 3 is 2.65 bits per heavy atom. The Morgan fingerprint density at radius 2 is 2.00 bits per heavy atom. The molecule has 0 saturated carbocycles. The van der Waals surface area contributed by atoms with Gasteiger partial charge in [-0.05, 0) is 41.5 Å². The molecule has 0 unspecified atom stereocenters. The van der Waals surface area contributed by atoms with Crippen molar-refractivity contribution in [1.29, 1.82) is 10.5 Å². The van der Waals surface area contributed by atoms with E-state index in [0.717, 1.165) is 11.1 Å². The van der Waals surface area contributed by atoms with Gasteiger partial charge in [-0.25, -0.2) is 0 Å². The lowest BCUT2D eigenvalue weighted by Gasteiger charge is -2.09. The fraction of sp³-hybridized carbons (Fsp3) is 0.111. The Bertz CT molecular complexity index is 817. The summed E-state index contributed by atoms with van der Waals surface area (Å²) >= 11 is 5.97. The molecule has 0 amide bonds. The number of methoxy groups -OCH3 is 1. The van der Waals surface area contributed by atoms with Crippen LogP contribution in [-0.2, 0) is 0 Å². The summed E-state index contributed by atoms with van der Waals surface area (Å²) in [5, 5.41) is 18.5. The number of ether oxygens (including phenoxy) is 2. The van der Waals surface area contributed by atoms with Crippen molar-refractivity contribution in [2.24, 2.45) is 0 Å². The number of nitrogens with zero attached hydrogens (tertiary/aromatic N) is 2. The van der Waals surface area contributed by atoms with Crippen molar-refractivity contribution in [1.82, 2.24) is 0 Å². The van der Waals surface area contributed by atoms with E-state index in [-0.39, 0.29) is 6.61 Å². The summed E-state index contributed by atoms with van der Waals surface area (Å²) < 4.78 is 10.5. The molecule has 0 atom stereocenters. The van der Waals surface area contributed by atoms with E-state index in [9.17, 15) is 5.26 Å². The van der Waals surface area contributed by atoms with E-state index in [1.807, 2.05) is 12.1 Å². The molecule has 114 valence electrons. The number of allylic oxidation sites excluding steroid dienone is 1. The zero-order valence-corrected chi connectivity index (χ0v) is 13.2. The van der Waals surface area contributed by atoms with Gasteiger partial charge in [-0.2, -0.15) is 10.5 Å². The van der Waals surface area contributed by atoms with Crippen LogP contribution >= 0.6 is 11.6 Å². The molecule has 0 saturated heterocycles. The lowest BCUT2D eigenvalue weighted by molar-refractivity contribution is 0.329. The Morgan fingerprint density at radius 1 is 1.17 bits per heavy atom. The van der Waals surface area contributed by atoms with Crippen molar-refractivity contribution >= 4 is 23.3 Å². The zero-order valence-electron chi connectivity index (χ0n) is 12.4. The monoisotopic (exact) mass is 324 g/mol. The Balaban J connectivity index is 2.37. The molecule has 0 heterocycles. The molecule has 0 aromatic heterocycles. The molecule has 2 aromatic carbocycles. The molecule has 0 radical (unpaired) electrons. The molecule has 4 nitrogen and oxygen atoms in total. The number of hydrogen-bond acceptors (Lipinski definition) is 4. The molecule has 0 N–H and O–H groups in total. The van der Waals surface area contributed by atoms with Gasteiger partial charge in [0.1, 0.15) is 6.07 Å². The van der Waals surface area contributed by atoms with Crippen molar-refractivity contribution in [3.63, 3.8) is 0 Å². The molecular formula is C18H13ClN2O2. The van der Waals surface area contributed by atoms with E-state index in [4.69, 9.17) is 26.3 Å². The van der Waals surface area contributed by atoms with Crippen LogP contribution in [0.2, 0.25) is 5.02 Å². The number of rotatable bonds is 5. The average molecular weight is 325 g/mol. The van der Waals surface area contributed by atoms with Gasteiger partial charge >= 0.3 is 0 Å². The first-order valence-electron chi connectivity index (χ1n) is 6.73. The van der Waals surface area contributed by atoms with Crippen LogP contribution in [0.15, 0.2) is 42.5 Å². The van der Waals surface area contributed by atoms with Crippen LogP contribution in [0.4, 0.5) is 0 Å². The highest BCUT2D eigenvalue weighted by Gasteiger charge is 2.07. The molecule has 0 fully saturated rings. The van der Waals surface area contributed by atoms with E-state index >= 15 is 0 Å². The highest BCUT2D eigenvalue weighted by molar-refractivity contribution is 6.30. The van der Waals surface area contributed by atoms with Gasteiger partial charge in [-0.1, -0.05) is 29.8 Å². The lowest BCUT2D eigenvalue weighted by Crippen LogP contribution is -1.96. The van der Waals surface area contributed by atoms with E-state index in [0.29, 0.717) is 22.1 Å². The summed E-state index contributed by atoms with van der Waals surface area (Å²) in [5.41, 5.74) is 2.01. The van der Waals surface area contributed by atoms with E-state index in [1.165, 1.54) is 7.11 Å². The Hall–Kier alpha value is -2.95. The molecule has 0 bridgehead atoms. The first-order chi connectivity index (χ1) is 11.2. The lowest BCUT2D eigenvalue weighted by atomic mass is 10.0. The first-order valence-corrected chi connectivity index (χ1v) is 7.11. The van der Waals surface area contributed by atoms with Gasteiger partial charge in [-0.15, -0.1) is 0 Å². The highest BCUT2D eigenvalue weighted by Crippen LogP contribution is 2.30. The molecule has 0 aliphatic carbocycles. The van der Waals surface area contributed by atoms with E-state index in [1.54, 1.807) is 42.5 Å². The van der Waals surface area contributed by atoms with Gasteiger partial charge in [-0.3, -0.25) is 0 Å². The van der Waals surface area contributed by atoms with Crippen LogP contribution in [0.5, 0.6) is 11.5 Å². The molecule has 5 heteroatoms. The van der Waals surface area contributed by atoms with Crippen molar-refractivity contribution < 1.29 is 9.47 Å². The average Bonchev–Trinajstić information content (AvgIpc) is 2.58. The molecule has 0 spiro atoms. The third-order valence-electron chi connectivity index (χ3n) is 3.05. The molecule has 0 aliphatic rings. The minimum Gasteiger partial charge on any atom is -0.493 e. The predicted octanol–water partition coefficient (Wildman–Crippen LogP) is 4.32. The van der Waals surface area contributed by atoms with E-state index < -0.39 is 0 Å². The second-order valence-electron chi connectivity index (χ2n) is 4.54. The Kier molecular flexibility index (Phi) is 5.63. The fourth-order valence-electron chi connectivity index (χ4n) is 2.01. The van der Waals surface area contributed by atoms with Crippen LogP contribution in [0, 0.1) is 22.7 Å². The van der Waals surface area contributed by atoms with Gasteiger partial charge in [0.15, 0.2) is 18.1 Å². The van der Waals surface area contributed by atoms with Crippen molar-refractivity contribution in [2.75, 3.05) is 13.7 Å². The molecular weight excluding hydrogens is 312 g/mol. The van der Waals surface area contributed by atoms with Gasteiger partial charge in [0.2, 0.25) is 0 Å². The third kappa shape index (κ3) is 4.26. The van der Waals surface area contributed by atoms with Crippen molar-refractivity contribution in [2.45, 2.75) is 0 Å². The second kappa shape index (κ2) is 7.89. The fourth-order valence-corrected chi connectivity index (χ4v) is 2.20. The SMILES string of the molecule is COc1cc(/C=C(/C#N)c2cccc(Cl)c2)ccc1OCC#N. The molecule has 2 aromatic rings. The zero-order chi connectivity index (χ0) is 16.7. The van der Waals surface area contributed by atoms with Gasteiger partial charge in [0, 0.05) is 5.02 Å². The van der Waals surface area contributed by atoms with Crippen LogP contribution < -0.4 is 9.47 Å². The minimum absolute atomic E-state index is 0.0580. The maximum absolute atomic E-state index is 9.38. The largest absolute Gasteiger partial charge is 0.493 e. The predicted molar refractivity (Wildman–Crippen MR) is 89.0 cm³/mol. The summed E-state index contributed by atoms with van der Waals surface area (Å²) in [6, 6.07) is 16.4. The molecule has 0 aliphatic heterocycles. The summed E-state index contributed by atoms with van der Waals surface area (Å²) in [5.74, 6) is 0.977. The highest BCUT2D eigenvalue weighted by atomic mass is 35.5. The van der Waals surface area contributed by atoms with Crippen LogP contribution in [0.25, 0.3) is 11.6 Å². The maximum atomic E-state index is 9.38. The standard InChI is InChI=1S/C18H13ClN2O2/c1-22-18-10-13(5-6-17(18)23-8-7-20)9-15(12-21)14-3-2-4-16(19)11-14/h2-6,9-11H,8H2,1H3/b15-9-. The topological polar surface area (TPSA) is 66.0 Å². The second-order valence-corrected chi connectivity index (χ2v) is 4.97. The minimum atomic E-state index is -0.0580. The number of benzene rings is 2. The van der Waals surface area contributed by atoms with Gasteiger partial charge in [0.25, 0.3) is 0 Å². The summed E-state index contributed by atoms with van der Waals surface area (Å²) in [7, 11) is 1.52. The summed E-state index contributed by atoms with van der Waals surface area (Å²) in [6.45, 7) is -0.0580.